The summed E-state index contributed by atoms with van der Waals surface area (Å²) in [6, 6.07) is 9.65. The Labute approximate surface area is 268 Å². The lowest BCUT2D eigenvalue weighted by Crippen LogP contribution is -2.53. The maximum absolute atomic E-state index is 13.9. The molecule has 2 unspecified atom stereocenters. The fraction of sp³-hybridized carbons (Fsp3) is 0.697. The van der Waals surface area contributed by atoms with Crippen molar-refractivity contribution >= 4 is 21.7 Å². The molecule has 1 heterocycles. The molecule has 5 N–H and O–H groups in total. The highest BCUT2D eigenvalue weighted by atomic mass is 32.2. The molecule has 0 saturated heterocycles. The molecule has 45 heavy (non-hydrogen) atoms. The predicted molar refractivity (Wildman–Crippen MR) is 174 cm³/mol. The van der Waals surface area contributed by atoms with Crippen LogP contribution in [-0.2, 0) is 25.8 Å². The molecule has 2 aliphatic carbocycles. The smallest absolute Gasteiger partial charge is 0.241 e. The van der Waals surface area contributed by atoms with E-state index in [1.165, 1.54) is 6.42 Å². The van der Waals surface area contributed by atoms with Gasteiger partial charge in [-0.25, -0.2) is 8.42 Å². The summed E-state index contributed by atoms with van der Waals surface area (Å²) in [6.45, 7) is 5.04. The van der Waals surface area contributed by atoms with Crippen LogP contribution >= 0.6 is 0 Å². The standard InChI is InChI=1S/C33H53N5O6S/c1-24(18-25-10-6-4-7-11-25)31(42)35-37(21-29(40)22-39)30(41)17-16-28-20-36(19-26-12-8-5-9-13-26)32(38(28)27-14-15-27)45(43,44)23-33(2,3)34/h4,6-7,10-11,20,24,26-27,29,32,39-40H,5,8-9,12-19,21-23,34H2,1-3H3,(H,35,42)/t24?,29?,32-/m1/s1. The number of allylic oxidation sites excluding steroid dienone is 1. The number of benzene rings is 1. The molecule has 1 aliphatic heterocycles. The van der Waals surface area contributed by atoms with Gasteiger partial charge in [0.05, 0.1) is 25.0 Å². The summed E-state index contributed by atoms with van der Waals surface area (Å²) in [7, 11) is -3.67. The Balaban J connectivity index is 1.50. The quantitative estimate of drug-likeness (QED) is 0.210. The SMILES string of the molecule is CC(Cc1ccccc1)C(=O)NN(CC(O)CO)C(=O)CCC1=CN(CC2CCCCC2)[C@@H](S(=O)(=O)CC(C)(C)N)N1C1CC1. The van der Waals surface area contributed by atoms with Gasteiger partial charge < -0.3 is 25.7 Å². The molecule has 11 nitrogen and oxygen atoms in total. The van der Waals surface area contributed by atoms with E-state index in [2.05, 4.69) is 5.43 Å². The third-order valence-electron chi connectivity index (χ3n) is 8.77. The van der Waals surface area contributed by atoms with Gasteiger partial charge in [0.15, 0.2) is 9.84 Å². The van der Waals surface area contributed by atoms with Crippen molar-refractivity contribution in [1.82, 2.24) is 20.2 Å². The summed E-state index contributed by atoms with van der Waals surface area (Å²) >= 11 is 0. The predicted octanol–water partition coefficient (Wildman–Crippen LogP) is 2.50. The highest BCUT2D eigenvalue weighted by Crippen LogP contribution is 2.41. The topological polar surface area (TPSA) is 157 Å². The van der Waals surface area contributed by atoms with E-state index in [4.69, 9.17) is 5.73 Å². The molecule has 0 radical (unpaired) electrons. The van der Waals surface area contributed by atoms with Gasteiger partial charge in [0.1, 0.15) is 0 Å². The number of carbonyl (C=O) groups excluding carboxylic acids is 2. The van der Waals surface area contributed by atoms with Crippen molar-refractivity contribution in [2.75, 3.05) is 25.4 Å². The molecule has 12 heteroatoms. The van der Waals surface area contributed by atoms with E-state index in [0.717, 1.165) is 54.8 Å². The van der Waals surface area contributed by atoms with Gasteiger partial charge in [-0.1, -0.05) is 56.5 Å². The van der Waals surface area contributed by atoms with E-state index >= 15 is 0 Å². The number of nitrogens with one attached hydrogen (secondary N) is 1. The van der Waals surface area contributed by atoms with Gasteiger partial charge in [0.2, 0.25) is 17.3 Å². The normalized spacial score (nSPS) is 20.9. The van der Waals surface area contributed by atoms with E-state index < -0.39 is 45.4 Å². The summed E-state index contributed by atoms with van der Waals surface area (Å²) in [5, 5.41) is 20.7. The van der Waals surface area contributed by atoms with Gasteiger partial charge in [-0.2, -0.15) is 0 Å². The second kappa shape index (κ2) is 15.3. The van der Waals surface area contributed by atoms with Crippen molar-refractivity contribution in [1.29, 1.82) is 0 Å². The van der Waals surface area contributed by atoms with Gasteiger partial charge in [-0.05, 0) is 63.9 Å². The first-order valence-corrected chi connectivity index (χ1v) is 18.2. The van der Waals surface area contributed by atoms with E-state index in [-0.39, 0.29) is 37.1 Å². The molecule has 0 bridgehead atoms. The van der Waals surface area contributed by atoms with Crippen molar-refractivity contribution in [3.63, 3.8) is 0 Å². The van der Waals surface area contributed by atoms with Gasteiger partial charge in [0, 0.05) is 42.4 Å². The Hall–Kier alpha value is -2.67. The fourth-order valence-corrected chi connectivity index (χ4v) is 8.92. The van der Waals surface area contributed by atoms with Gasteiger partial charge >= 0.3 is 0 Å². The van der Waals surface area contributed by atoms with Crippen LogP contribution in [0.1, 0.15) is 84.1 Å². The molecule has 3 aliphatic rings. The Bertz CT molecular complexity index is 1270. The first-order valence-electron chi connectivity index (χ1n) is 16.5. The van der Waals surface area contributed by atoms with E-state index in [0.29, 0.717) is 18.9 Å². The number of aliphatic hydroxyl groups is 2. The summed E-state index contributed by atoms with van der Waals surface area (Å²) in [5.41, 5.74) is 8.91. The summed E-state index contributed by atoms with van der Waals surface area (Å²) in [4.78, 5) is 30.6. The minimum Gasteiger partial charge on any atom is -0.394 e. The average molecular weight is 648 g/mol. The van der Waals surface area contributed by atoms with Crippen LogP contribution in [0.2, 0.25) is 0 Å². The first-order chi connectivity index (χ1) is 21.3. The number of nitrogens with two attached hydrogens (primary N) is 1. The van der Waals surface area contributed by atoms with Crippen LogP contribution in [0, 0.1) is 11.8 Å². The van der Waals surface area contributed by atoms with Crippen LogP contribution in [0.3, 0.4) is 0 Å². The molecular formula is C33H53N5O6S. The maximum atomic E-state index is 13.9. The number of aliphatic hydroxyl groups excluding tert-OH is 2. The Morgan fingerprint density at radius 3 is 2.38 bits per heavy atom. The van der Waals surface area contributed by atoms with Crippen LogP contribution in [0.5, 0.6) is 0 Å². The highest BCUT2D eigenvalue weighted by molar-refractivity contribution is 7.92. The van der Waals surface area contributed by atoms with Crippen LogP contribution in [0.4, 0.5) is 0 Å². The lowest BCUT2D eigenvalue weighted by atomic mass is 9.89. The van der Waals surface area contributed by atoms with Crippen molar-refractivity contribution in [3.05, 3.63) is 47.8 Å². The minimum atomic E-state index is -3.67. The lowest BCUT2D eigenvalue weighted by molar-refractivity contribution is -0.145. The molecule has 0 aromatic heterocycles. The largest absolute Gasteiger partial charge is 0.394 e. The molecule has 3 atom stereocenters. The third kappa shape index (κ3) is 10.2. The number of carbonyl (C=O) groups is 2. The molecule has 2 fully saturated rings. The van der Waals surface area contributed by atoms with Crippen LogP contribution in [0.15, 0.2) is 42.2 Å². The van der Waals surface area contributed by atoms with Gasteiger partial charge in [-0.3, -0.25) is 20.0 Å². The zero-order valence-corrected chi connectivity index (χ0v) is 27.9. The zero-order valence-electron chi connectivity index (χ0n) is 27.1. The highest BCUT2D eigenvalue weighted by Gasteiger charge is 2.48. The number of hydrazine groups is 1. The number of amides is 2. The Kier molecular flexibility index (Phi) is 11.9. The molecule has 252 valence electrons. The van der Waals surface area contributed by atoms with E-state index in [1.807, 2.05) is 46.3 Å². The number of rotatable bonds is 15. The van der Waals surface area contributed by atoms with Gasteiger partial charge in [0.25, 0.3) is 0 Å². The van der Waals surface area contributed by atoms with Crippen LogP contribution in [-0.4, -0.2) is 93.9 Å². The Morgan fingerprint density at radius 1 is 1.11 bits per heavy atom. The minimum absolute atomic E-state index is 0.00698. The summed E-state index contributed by atoms with van der Waals surface area (Å²) in [5.74, 6) is -0.985. The summed E-state index contributed by atoms with van der Waals surface area (Å²) < 4.78 is 27.9. The molecule has 2 saturated carbocycles. The van der Waals surface area contributed by atoms with Gasteiger partial charge in [-0.15, -0.1) is 0 Å². The molecule has 1 aromatic rings. The molecule has 2 amide bonds. The average Bonchev–Trinajstić information content (AvgIpc) is 3.76. The summed E-state index contributed by atoms with van der Waals surface area (Å²) in [6.07, 6.45) is 8.85. The number of nitrogens with zero attached hydrogens (tertiary/aromatic N) is 3. The molecule has 1 aromatic carbocycles. The molecule has 0 spiro atoms. The monoisotopic (exact) mass is 647 g/mol. The second-order valence-corrected chi connectivity index (χ2v) is 16.0. The van der Waals surface area contributed by atoms with Crippen molar-refractivity contribution in [2.45, 2.75) is 108 Å². The lowest BCUT2D eigenvalue weighted by Gasteiger charge is -2.37. The second-order valence-electron chi connectivity index (χ2n) is 14.0. The Morgan fingerprint density at radius 2 is 1.78 bits per heavy atom. The number of hydrogen-bond donors (Lipinski definition) is 4. The maximum Gasteiger partial charge on any atom is 0.241 e. The molecule has 4 rings (SSSR count). The van der Waals surface area contributed by atoms with Crippen molar-refractivity contribution in [3.8, 4) is 0 Å². The first kappa shape index (κ1) is 35.2. The van der Waals surface area contributed by atoms with Crippen LogP contribution in [0.25, 0.3) is 0 Å². The van der Waals surface area contributed by atoms with Crippen molar-refractivity contribution < 1.29 is 28.2 Å². The van der Waals surface area contributed by atoms with Crippen LogP contribution < -0.4 is 11.2 Å². The zero-order chi connectivity index (χ0) is 32.8. The van der Waals surface area contributed by atoms with E-state index in [9.17, 15) is 28.2 Å². The number of hydrogen-bond acceptors (Lipinski definition) is 9. The fourth-order valence-electron chi connectivity index (χ4n) is 6.52. The van der Waals surface area contributed by atoms with Crippen molar-refractivity contribution in [2.24, 2.45) is 17.6 Å². The van der Waals surface area contributed by atoms with E-state index in [1.54, 1.807) is 20.8 Å². The third-order valence-corrected chi connectivity index (χ3v) is 11.1. The molecular weight excluding hydrogens is 594 g/mol. The number of sulfone groups is 1.